The first-order valence-electron chi connectivity index (χ1n) is 8.67. The Hall–Kier alpha value is -2.14. The van der Waals surface area contributed by atoms with E-state index in [1.54, 1.807) is 12.4 Å². The molecule has 0 aliphatic carbocycles. The number of benzene rings is 1. The number of rotatable bonds is 2. The molecule has 5 heteroatoms. The minimum Gasteiger partial charge on any atom is -0.322 e. The molecule has 2 fully saturated rings. The van der Waals surface area contributed by atoms with Gasteiger partial charge in [0.25, 0.3) is 0 Å². The van der Waals surface area contributed by atoms with Gasteiger partial charge in [0.2, 0.25) is 0 Å². The summed E-state index contributed by atoms with van der Waals surface area (Å²) < 4.78 is 1.47. The molecule has 5 nitrogen and oxygen atoms in total. The van der Waals surface area contributed by atoms with E-state index in [1.165, 1.54) is 15.8 Å². The van der Waals surface area contributed by atoms with Crippen LogP contribution in [-0.4, -0.2) is 51.8 Å². The van der Waals surface area contributed by atoms with Gasteiger partial charge in [-0.2, -0.15) is 9.78 Å². The second-order valence-corrected chi connectivity index (χ2v) is 7.35. The highest BCUT2D eigenvalue weighted by Gasteiger charge is 2.41. The van der Waals surface area contributed by atoms with Crippen LogP contribution in [0.4, 0.5) is 4.79 Å². The van der Waals surface area contributed by atoms with Crippen molar-refractivity contribution in [2.45, 2.75) is 20.4 Å². The molecule has 2 aliphatic heterocycles. The molecule has 2 unspecified atom stereocenters. The minimum absolute atomic E-state index is 0.0163. The SMILES string of the molecule is Cc1ccc(CN2CC3CN(C(=O)n4cc(C)cn4)CC3C2)cc1. The number of aromatic nitrogens is 2. The first-order valence-corrected chi connectivity index (χ1v) is 8.67. The molecule has 2 atom stereocenters. The van der Waals surface area contributed by atoms with Crippen LogP contribution >= 0.6 is 0 Å². The highest BCUT2D eigenvalue weighted by Crippen LogP contribution is 2.32. The largest absolute Gasteiger partial charge is 0.344 e. The number of hydrogen-bond acceptors (Lipinski definition) is 3. The molecule has 3 heterocycles. The maximum atomic E-state index is 12.5. The second kappa shape index (κ2) is 6.06. The number of carbonyl (C=O) groups is 1. The van der Waals surface area contributed by atoms with Gasteiger partial charge in [-0.3, -0.25) is 4.90 Å². The first kappa shape index (κ1) is 15.4. The predicted octanol–water partition coefficient (Wildman–Crippen LogP) is 2.53. The summed E-state index contributed by atoms with van der Waals surface area (Å²) in [5.41, 5.74) is 3.70. The van der Waals surface area contributed by atoms with Crippen molar-refractivity contribution in [3.63, 3.8) is 0 Å². The van der Waals surface area contributed by atoms with Crippen molar-refractivity contribution < 1.29 is 4.79 Å². The predicted molar refractivity (Wildman–Crippen MR) is 92.8 cm³/mol. The van der Waals surface area contributed by atoms with Gasteiger partial charge in [0, 0.05) is 38.9 Å². The monoisotopic (exact) mass is 324 g/mol. The molecule has 1 aromatic carbocycles. The molecule has 0 N–H and O–H groups in total. The number of amides is 1. The molecule has 4 rings (SSSR count). The molecule has 0 radical (unpaired) electrons. The maximum absolute atomic E-state index is 12.5. The van der Waals surface area contributed by atoms with Crippen LogP contribution < -0.4 is 0 Å². The van der Waals surface area contributed by atoms with Crippen LogP contribution in [0.3, 0.4) is 0 Å². The Morgan fingerprint density at radius 1 is 1.04 bits per heavy atom. The van der Waals surface area contributed by atoms with Crippen LogP contribution in [-0.2, 0) is 6.54 Å². The molecule has 1 aromatic heterocycles. The van der Waals surface area contributed by atoms with Gasteiger partial charge in [-0.15, -0.1) is 0 Å². The minimum atomic E-state index is 0.0163. The Bertz CT molecular complexity index is 722. The third-order valence-electron chi connectivity index (χ3n) is 5.27. The van der Waals surface area contributed by atoms with E-state index in [-0.39, 0.29) is 6.03 Å². The summed E-state index contributed by atoms with van der Waals surface area (Å²) in [6, 6.07) is 8.82. The van der Waals surface area contributed by atoms with Crippen molar-refractivity contribution in [1.82, 2.24) is 19.6 Å². The Balaban J connectivity index is 1.35. The van der Waals surface area contributed by atoms with E-state index in [2.05, 4.69) is 41.2 Å². The molecule has 1 amide bonds. The highest BCUT2D eigenvalue weighted by molar-refractivity contribution is 5.76. The number of nitrogens with zero attached hydrogens (tertiary/aromatic N) is 4. The lowest BCUT2D eigenvalue weighted by atomic mass is 10.0. The fraction of sp³-hybridized carbons (Fsp3) is 0.474. The van der Waals surface area contributed by atoms with Crippen molar-refractivity contribution >= 4 is 6.03 Å². The topological polar surface area (TPSA) is 41.4 Å². The van der Waals surface area contributed by atoms with Crippen molar-refractivity contribution in [3.8, 4) is 0 Å². The number of fused-ring (bicyclic) bond motifs is 1. The Morgan fingerprint density at radius 3 is 2.29 bits per heavy atom. The van der Waals surface area contributed by atoms with Gasteiger partial charge in [0.05, 0.1) is 6.20 Å². The van der Waals surface area contributed by atoms with Gasteiger partial charge >= 0.3 is 6.03 Å². The van der Waals surface area contributed by atoms with E-state index in [0.717, 1.165) is 38.3 Å². The summed E-state index contributed by atoms with van der Waals surface area (Å²) in [6.45, 7) is 8.97. The normalized spacial score (nSPS) is 23.7. The van der Waals surface area contributed by atoms with E-state index in [9.17, 15) is 4.79 Å². The molecule has 0 spiro atoms. The van der Waals surface area contributed by atoms with Crippen molar-refractivity contribution in [2.24, 2.45) is 11.8 Å². The summed E-state index contributed by atoms with van der Waals surface area (Å²) >= 11 is 0. The van der Waals surface area contributed by atoms with Crippen LogP contribution in [0.15, 0.2) is 36.7 Å². The van der Waals surface area contributed by atoms with E-state index in [0.29, 0.717) is 11.8 Å². The molecular formula is C19H24N4O. The lowest BCUT2D eigenvalue weighted by Crippen LogP contribution is -2.36. The zero-order chi connectivity index (χ0) is 16.7. The van der Waals surface area contributed by atoms with Gasteiger partial charge in [0.15, 0.2) is 0 Å². The first-order chi connectivity index (χ1) is 11.6. The summed E-state index contributed by atoms with van der Waals surface area (Å²) in [4.78, 5) is 17.0. The maximum Gasteiger partial charge on any atom is 0.344 e. The Labute approximate surface area is 142 Å². The van der Waals surface area contributed by atoms with E-state index >= 15 is 0 Å². The zero-order valence-corrected chi connectivity index (χ0v) is 14.4. The van der Waals surface area contributed by atoms with Crippen molar-refractivity contribution in [3.05, 3.63) is 53.3 Å². The van der Waals surface area contributed by atoms with Gasteiger partial charge in [-0.05, 0) is 36.8 Å². The molecular weight excluding hydrogens is 300 g/mol. The molecule has 0 saturated carbocycles. The standard InChI is InChI=1S/C19H24N4O/c1-14-3-5-16(6-4-14)9-21-10-17-12-22(13-18(17)11-21)19(24)23-8-15(2)7-20-23/h3-8,17-18H,9-13H2,1-2H3. The molecule has 2 saturated heterocycles. The number of hydrogen-bond donors (Lipinski definition) is 0. The molecule has 0 bridgehead atoms. The van der Waals surface area contributed by atoms with Crippen LogP contribution in [0, 0.1) is 25.7 Å². The van der Waals surface area contributed by atoms with Crippen LogP contribution in [0.25, 0.3) is 0 Å². The summed E-state index contributed by atoms with van der Waals surface area (Å²) in [6.07, 6.45) is 3.54. The summed E-state index contributed by atoms with van der Waals surface area (Å²) in [5, 5.41) is 4.15. The third-order valence-corrected chi connectivity index (χ3v) is 5.27. The fourth-order valence-electron chi connectivity index (χ4n) is 3.99. The summed E-state index contributed by atoms with van der Waals surface area (Å²) in [7, 11) is 0. The van der Waals surface area contributed by atoms with Crippen LogP contribution in [0.1, 0.15) is 16.7 Å². The number of aryl methyl sites for hydroxylation is 2. The van der Waals surface area contributed by atoms with Crippen LogP contribution in [0.5, 0.6) is 0 Å². The lowest BCUT2D eigenvalue weighted by molar-refractivity contribution is 0.197. The van der Waals surface area contributed by atoms with E-state index < -0.39 is 0 Å². The van der Waals surface area contributed by atoms with Gasteiger partial charge in [-0.25, -0.2) is 4.79 Å². The quantitative estimate of drug-likeness (QED) is 0.852. The second-order valence-electron chi connectivity index (χ2n) is 7.35. The van der Waals surface area contributed by atoms with E-state index in [4.69, 9.17) is 0 Å². The molecule has 2 aliphatic rings. The zero-order valence-electron chi connectivity index (χ0n) is 14.4. The lowest BCUT2D eigenvalue weighted by Gasteiger charge is -2.21. The van der Waals surface area contributed by atoms with Crippen molar-refractivity contribution in [2.75, 3.05) is 26.2 Å². The Morgan fingerprint density at radius 2 is 1.71 bits per heavy atom. The average molecular weight is 324 g/mol. The summed E-state index contributed by atoms with van der Waals surface area (Å²) in [5.74, 6) is 1.19. The van der Waals surface area contributed by atoms with Gasteiger partial charge in [-0.1, -0.05) is 29.8 Å². The molecule has 126 valence electrons. The van der Waals surface area contributed by atoms with Crippen molar-refractivity contribution in [1.29, 1.82) is 0 Å². The van der Waals surface area contributed by atoms with Gasteiger partial charge < -0.3 is 4.90 Å². The fourth-order valence-corrected chi connectivity index (χ4v) is 3.99. The molecule has 2 aromatic rings. The smallest absolute Gasteiger partial charge is 0.322 e. The van der Waals surface area contributed by atoms with E-state index in [1.807, 2.05) is 11.8 Å². The highest BCUT2D eigenvalue weighted by atomic mass is 16.2. The molecule has 24 heavy (non-hydrogen) atoms. The van der Waals surface area contributed by atoms with Gasteiger partial charge in [0.1, 0.15) is 0 Å². The number of carbonyl (C=O) groups excluding carboxylic acids is 1. The average Bonchev–Trinajstić information content (AvgIpc) is 3.23. The van der Waals surface area contributed by atoms with Crippen LogP contribution in [0.2, 0.25) is 0 Å². The Kier molecular flexibility index (Phi) is 3.88. The number of likely N-dealkylation sites (tertiary alicyclic amines) is 2. The third kappa shape index (κ3) is 2.96.